The SMILES string of the molecule is CCCCCCOc1ccsc1-c1ccc(-c2sccc2OCCCCCC)c2c1=NC1(CCCCC1)N=2. The van der Waals surface area contributed by atoms with Crippen LogP contribution in [0.2, 0.25) is 0 Å². The van der Waals surface area contributed by atoms with Gasteiger partial charge < -0.3 is 9.47 Å². The summed E-state index contributed by atoms with van der Waals surface area (Å²) in [5.41, 5.74) is 2.02. The molecule has 1 spiro atoms. The highest BCUT2D eigenvalue weighted by Gasteiger charge is 2.35. The first-order chi connectivity index (χ1) is 18.7. The van der Waals surface area contributed by atoms with Crippen LogP contribution in [0.5, 0.6) is 11.5 Å². The van der Waals surface area contributed by atoms with Crippen molar-refractivity contribution < 1.29 is 9.47 Å². The van der Waals surface area contributed by atoms with Crippen molar-refractivity contribution in [1.82, 2.24) is 0 Å². The Hall–Kier alpha value is -2.18. The van der Waals surface area contributed by atoms with Crippen LogP contribution in [0.15, 0.2) is 45.0 Å². The molecule has 1 aromatic carbocycles. The van der Waals surface area contributed by atoms with Gasteiger partial charge in [-0.1, -0.05) is 70.9 Å². The number of unbranched alkanes of at least 4 members (excludes halogenated alkanes) is 6. The number of fused-ring (bicyclic) bond motifs is 1. The first-order valence-corrected chi connectivity index (χ1v) is 16.5. The van der Waals surface area contributed by atoms with Crippen LogP contribution >= 0.6 is 22.7 Å². The molecule has 0 bridgehead atoms. The Kier molecular flexibility index (Phi) is 9.55. The Morgan fingerprint density at radius 3 is 1.63 bits per heavy atom. The normalized spacial score (nSPS) is 15.7. The van der Waals surface area contributed by atoms with Crippen molar-refractivity contribution >= 4 is 22.7 Å². The lowest BCUT2D eigenvalue weighted by molar-refractivity contribution is 0.306. The minimum Gasteiger partial charge on any atom is -0.492 e. The molecule has 1 aliphatic heterocycles. The summed E-state index contributed by atoms with van der Waals surface area (Å²) in [4.78, 5) is 13.2. The summed E-state index contributed by atoms with van der Waals surface area (Å²) in [6, 6.07) is 8.73. The van der Waals surface area contributed by atoms with E-state index in [0.717, 1.165) is 72.2 Å². The molecule has 0 unspecified atom stereocenters. The Bertz CT molecular complexity index is 1210. The van der Waals surface area contributed by atoms with Crippen LogP contribution in [0.3, 0.4) is 0 Å². The van der Waals surface area contributed by atoms with Crippen LogP contribution in [0.25, 0.3) is 20.9 Å². The molecule has 0 atom stereocenters. The third kappa shape index (κ3) is 6.17. The fourth-order valence-corrected chi connectivity index (χ4v) is 7.32. The molecule has 1 fully saturated rings. The van der Waals surface area contributed by atoms with E-state index in [1.807, 2.05) is 0 Å². The Morgan fingerprint density at radius 1 is 0.658 bits per heavy atom. The van der Waals surface area contributed by atoms with E-state index >= 15 is 0 Å². The lowest BCUT2D eigenvalue weighted by Crippen LogP contribution is -2.26. The van der Waals surface area contributed by atoms with E-state index in [1.165, 1.54) is 67.5 Å². The fraction of sp³-hybridized carbons (Fsp3) is 0.562. The van der Waals surface area contributed by atoms with Gasteiger partial charge in [-0.15, -0.1) is 22.7 Å². The van der Waals surface area contributed by atoms with Gasteiger partial charge in [-0.25, -0.2) is 0 Å². The summed E-state index contributed by atoms with van der Waals surface area (Å²) >= 11 is 3.49. The Balaban J connectivity index is 1.48. The third-order valence-corrected chi connectivity index (χ3v) is 9.56. The molecule has 1 saturated carbocycles. The first-order valence-electron chi connectivity index (χ1n) is 14.8. The highest BCUT2D eigenvalue weighted by atomic mass is 32.1. The number of rotatable bonds is 14. The van der Waals surface area contributed by atoms with Gasteiger partial charge in [-0.05, 0) is 61.4 Å². The lowest BCUT2D eigenvalue weighted by atomic mass is 9.90. The summed E-state index contributed by atoms with van der Waals surface area (Å²) in [7, 11) is 0. The molecular formula is C32H42N2O2S2. The molecule has 5 rings (SSSR count). The molecule has 38 heavy (non-hydrogen) atoms. The third-order valence-electron chi connectivity index (χ3n) is 7.70. The molecule has 4 nitrogen and oxygen atoms in total. The van der Waals surface area contributed by atoms with Crippen LogP contribution in [0.1, 0.15) is 97.3 Å². The van der Waals surface area contributed by atoms with E-state index in [4.69, 9.17) is 19.5 Å². The van der Waals surface area contributed by atoms with E-state index in [-0.39, 0.29) is 5.66 Å². The topological polar surface area (TPSA) is 43.2 Å². The number of hydrogen-bond donors (Lipinski definition) is 0. The van der Waals surface area contributed by atoms with Gasteiger partial charge in [0, 0.05) is 11.1 Å². The Labute approximate surface area is 235 Å². The van der Waals surface area contributed by atoms with Crippen LogP contribution in [0, 0.1) is 0 Å². The largest absolute Gasteiger partial charge is 0.492 e. The zero-order valence-electron chi connectivity index (χ0n) is 23.1. The van der Waals surface area contributed by atoms with Gasteiger partial charge in [-0.3, -0.25) is 9.98 Å². The predicted octanol–water partition coefficient (Wildman–Crippen LogP) is 8.98. The van der Waals surface area contributed by atoms with E-state index in [0.29, 0.717) is 0 Å². The lowest BCUT2D eigenvalue weighted by Gasteiger charge is -2.27. The van der Waals surface area contributed by atoms with Gasteiger partial charge in [0.2, 0.25) is 0 Å². The Morgan fingerprint density at radius 2 is 1.16 bits per heavy atom. The molecular weight excluding hydrogens is 508 g/mol. The van der Waals surface area contributed by atoms with Crippen LogP contribution in [-0.2, 0) is 0 Å². The van der Waals surface area contributed by atoms with E-state index in [9.17, 15) is 0 Å². The van der Waals surface area contributed by atoms with E-state index in [1.54, 1.807) is 22.7 Å². The minimum absolute atomic E-state index is 0.303. The predicted molar refractivity (Wildman–Crippen MR) is 160 cm³/mol. The average Bonchev–Trinajstić information content (AvgIpc) is 3.67. The number of thiophene rings is 2. The van der Waals surface area contributed by atoms with E-state index in [2.05, 4.69) is 48.9 Å². The van der Waals surface area contributed by atoms with Crippen molar-refractivity contribution in [3.05, 3.63) is 45.7 Å². The first kappa shape index (κ1) is 27.4. The molecule has 3 heterocycles. The zero-order valence-corrected chi connectivity index (χ0v) is 24.7. The van der Waals surface area contributed by atoms with Gasteiger partial charge in [0.05, 0.1) is 33.7 Å². The quantitative estimate of drug-likeness (QED) is 0.188. The van der Waals surface area contributed by atoms with Crippen LogP contribution in [0.4, 0.5) is 0 Å². The van der Waals surface area contributed by atoms with Crippen LogP contribution in [-0.4, -0.2) is 18.9 Å². The summed E-state index contributed by atoms with van der Waals surface area (Å²) < 4.78 is 12.6. The fourth-order valence-electron chi connectivity index (χ4n) is 5.59. The molecule has 0 radical (unpaired) electrons. The molecule has 2 aromatic heterocycles. The van der Waals surface area contributed by atoms with Gasteiger partial charge in [-0.2, -0.15) is 0 Å². The molecule has 3 aromatic rings. The van der Waals surface area contributed by atoms with Gasteiger partial charge in [0.1, 0.15) is 11.5 Å². The van der Waals surface area contributed by atoms with Crippen molar-refractivity contribution in [2.45, 2.75) is 103 Å². The average molecular weight is 551 g/mol. The van der Waals surface area contributed by atoms with E-state index < -0.39 is 0 Å². The molecule has 0 N–H and O–H groups in total. The maximum atomic E-state index is 6.29. The van der Waals surface area contributed by atoms with Crippen molar-refractivity contribution in [1.29, 1.82) is 0 Å². The molecule has 204 valence electrons. The molecule has 0 saturated heterocycles. The molecule has 0 amide bonds. The van der Waals surface area contributed by atoms with Gasteiger partial charge in [0.15, 0.2) is 5.66 Å². The number of benzene rings is 1. The summed E-state index contributed by atoms with van der Waals surface area (Å²) in [6.07, 6.45) is 15.4. The van der Waals surface area contributed by atoms with Crippen LogP contribution < -0.4 is 20.2 Å². The maximum Gasteiger partial charge on any atom is 0.151 e. The number of nitrogens with zero attached hydrogens (tertiary/aromatic N) is 2. The molecule has 6 heteroatoms. The minimum atomic E-state index is -0.303. The monoisotopic (exact) mass is 550 g/mol. The maximum absolute atomic E-state index is 6.29. The standard InChI is InChI=1S/C32H42N2O2S2/c1-3-5-7-12-20-35-26-16-22-37-30(26)24-14-15-25(29-28(24)33-32(34-29)18-10-9-11-19-32)31-27(17-23-38-31)36-21-13-8-6-4-2/h14-17,22-23H,3-13,18-21H2,1-2H3. The second-order valence-corrected chi connectivity index (χ2v) is 12.5. The highest BCUT2D eigenvalue weighted by molar-refractivity contribution is 7.14. The van der Waals surface area contributed by atoms with Gasteiger partial charge >= 0.3 is 0 Å². The molecule has 1 aliphatic carbocycles. The zero-order chi connectivity index (χ0) is 26.2. The summed E-state index contributed by atoms with van der Waals surface area (Å²) in [6.45, 7) is 6.02. The van der Waals surface area contributed by atoms with Crippen molar-refractivity contribution in [2.75, 3.05) is 13.2 Å². The number of hydrogen-bond acceptors (Lipinski definition) is 6. The van der Waals surface area contributed by atoms with Crippen molar-refractivity contribution in [3.63, 3.8) is 0 Å². The highest BCUT2D eigenvalue weighted by Crippen LogP contribution is 2.40. The van der Waals surface area contributed by atoms with Crippen molar-refractivity contribution in [2.24, 2.45) is 9.98 Å². The summed E-state index contributed by atoms with van der Waals surface area (Å²) in [5, 5.41) is 6.38. The number of ether oxygens (including phenoxy) is 2. The second kappa shape index (κ2) is 13.3. The van der Waals surface area contributed by atoms with Crippen molar-refractivity contribution in [3.8, 4) is 32.4 Å². The van der Waals surface area contributed by atoms with Gasteiger partial charge in [0.25, 0.3) is 0 Å². The summed E-state index contributed by atoms with van der Waals surface area (Å²) in [5.74, 6) is 1.96. The second-order valence-electron chi connectivity index (χ2n) is 10.7. The molecule has 2 aliphatic rings. The smallest absolute Gasteiger partial charge is 0.151 e.